The number of thioether (sulfide) groups is 1. The van der Waals surface area contributed by atoms with Gasteiger partial charge in [-0.2, -0.15) is 11.8 Å². The van der Waals surface area contributed by atoms with Crippen LogP contribution in [-0.2, 0) is 5.75 Å². The van der Waals surface area contributed by atoms with Crippen LogP contribution in [0, 0.1) is 6.92 Å². The topological polar surface area (TPSA) is 68.1 Å². The van der Waals surface area contributed by atoms with E-state index >= 15 is 0 Å². The van der Waals surface area contributed by atoms with Crippen molar-refractivity contribution in [2.75, 3.05) is 5.75 Å². The van der Waals surface area contributed by atoms with E-state index < -0.39 is 5.76 Å². The molecule has 1 N–H and O–H groups in total. The molecule has 5 nitrogen and oxygen atoms in total. The first-order valence-corrected chi connectivity index (χ1v) is 7.64. The SMILES string of the molecule is Cc1ccc(OC(C)CCSCc2n[nH]c(=O)o2)cc1. The maximum Gasteiger partial charge on any atom is 0.434 e. The zero-order chi connectivity index (χ0) is 14.4. The predicted octanol–water partition coefficient (Wildman–Crippen LogP) is 2.76. The van der Waals surface area contributed by atoms with Gasteiger partial charge < -0.3 is 9.15 Å². The van der Waals surface area contributed by atoms with Crippen LogP contribution in [0.1, 0.15) is 24.8 Å². The minimum absolute atomic E-state index is 0.149. The molecular weight excluding hydrogens is 276 g/mol. The molecule has 1 aromatic carbocycles. The highest BCUT2D eigenvalue weighted by Crippen LogP contribution is 2.16. The number of H-pyrrole nitrogens is 1. The molecule has 20 heavy (non-hydrogen) atoms. The smallest absolute Gasteiger partial charge is 0.434 e. The molecule has 0 aliphatic carbocycles. The quantitative estimate of drug-likeness (QED) is 0.795. The molecule has 0 bridgehead atoms. The Morgan fingerprint density at radius 2 is 2.15 bits per heavy atom. The summed E-state index contributed by atoms with van der Waals surface area (Å²) in [4.78, 5) is 10.7. The Morgan fingerprint density at radius 1 is 1.40 bits per heavy atom. The fourth-order valence-corrected chi connectivity index (χ4v) is 2.58. The number of ether oxygens (including phenoxy) is 1. The van der Waals surface area contributed by atoms with Crippen LogP contribution in [-0.4, -0.2) is 22.1 Å². The first-order valence-electron chi connectivity index (χ1n) is 6.49. The molecule has 6 heteroatoms. The average Bonchev–Trinajstić information content (AvgIpc) is 2.83. The van der Waals surface area contributed by atoms with E-state index in [4.69, 9.17) is 9.15 Å². The summed E-state index contributed by atoms with van der Waals surface area (Å²) in [7, 11) is 0. The van der Waals surface area contributed by atoms with E-state index in [-0.39, 0.29) is 6.10 Å². The monoisotopic (exact) mass is 294 g/mol. The van der Waals surface area contributed by atoms with Gasteiger partial charge in [-0.25, -0.2) is 9.89 Å². The third kappa shape index (κ3) is 4.77. The van der Waals surface area contributed by atoms with Crippen molar-refractivity contribution in [1.29, 1.82) is 0 Å². The van der Waals surface area contributed by atoms with E-state index in [1.165, 1.54) is 5.56 Å². The number of rotatable bonds is 7. The molecule has 0 spiro atoms. The largest absolute Gasteiger partial charge is 0.491 e. The van der Waals surface area contributed by atoms with Crippen LogP contribution in [0.3, 0.4) is 0 Å². The summed E-state index contributed by atoms with van der Waals surface area (Å²) >= 11 is 1.67. The molecule has 0 saturated heterocycles. The Balaban J connectivity index is 1.66. The Kier molecular flexibility index (Phi) is 5.29. The van der Waals surface area contributed by atoms with Gasteiger partial charge in [0.15, 0.2) is 0 Å². The summed E-state index contributed by atoms with van der Waals surface area (Å²) in [5.41, 5.74) is 1.22. The Labute approximate surface area is 121 Å². The molecule has 0 radical (unpaired) electrons. The summed E-state index contributed by atoms with van der Waals surface area (Å²) in [5.74, 6) is 2.34. The minimum atomic E-state index is -0.503. The van der Waals surface area contributed by atoms with Crippen LogP contribution in [0.2, 0.25) is 0 Å². The number of nitrogens with zero attached hydrogens (tertiary/aromatic N) is 1. The lowest BCUT2D eigenvalue weighted by Crippen LogP contribution is -2.12. The second-order valence-corrected chi connectivity index (χ2v) is 5.69. The third-order valence-corrected chi connectivity index (χ3v) is 3.71. The van der Waals surface area contributed by atoms with Crippen LogP contribution in [0.5, 0.6) is 5.75 Å². The van der Waals surface area contributed by atoms with Gasteiger partial charge in [-0.3, -0.25) is 0 Å². The molecule has 0 aliphatic rings. The summed E-state index contributed by atoms with van der Waals surface area (Å²) in [6, 6.07) is 8.04. The molecule has 1 unspecified atom stereocenters. The lowest BCUT2D eigenvalue weighted by molar-refractivity contribution is 0.218. The maximum atomic E-state index is 10.7. The number of aryl methyl sites for hydroxylation is 1. The molecule has 1 heterocycles. The molecule has 108 valence electrons. The fraction of sp³-hybridized carbons (Fsp3) is 0.429. The molecular formula is C14H18N2O3S. The van der Waals surface area contributed by atoms with Crippen molar-refractivity contribution in [3.05, 3.63) is 46.3 Å². The van der Waals surface area contributed by atoms with Crippen molar-refractivity contribution in [3.63, 3.8) is 0 Å². The molecule has 0 amide bonds. The minimum Gasteiger partial charge on any atom is -0.491 e. The van der Waals surface area contributed by atoms with Crippen molar-refractivity contribution in [2.45, 2.75) is 32.1 Å². The lowest BCUT2D eigenvalue weighted by atomic mass is 10.2. The normalized spacial score (nSPS) is 12.3. The highest BCUT2D eigenvalue weighted by Gasteiger charge is 2.06. The van der Waals surface area contributed by atoms with E-state index in [2.05, 4.69) is 24.0 Å². The van der Waals surface area contributed by atoms with Gasteiger partial charge in [0.1, 0.15) is 5.75 Å². The lowest BCUT2D eigenvalue weighted by Gasteiger charge is -2.14. The maximum absolute atomic E-state index is 10.7. The van der Waals surface area contributed by atoms with E-state index in [9.17, 15) is 4.79 Å². The zero-order valence-electron chi connectivity index (χ0n) is 11.6. The standard InChI is InChI=1S/C14H18N2O3S/c1-10-3-5-12(6-4-10)18-11(2)7-8-20-9-13-15-16-14(17)19-13/h3-6,11H,7-9H2,1-2H3,(H,16,17). The van der Waals surface area contributed by atoms with Crippen LogP contribution < -0.4 is 10.5 Å². The number of aromatic nitrogens is 2. The van der Waals surface area contributed by atoms with Gasteiger partial charge in [0.2, 0.25) is 5.89 Å². The van der Waals surface area contributed by atoms with Crippen LogP contribution in [0.15, 0.2) is 33.5 Å². The van der Waals surface area contributed by atoms with Crippen molar-refractivity contribution in [3.8, 4) is 5.75 Å². The van der Waals surface area contributed by atoms with Gasteiger partial charge in [-0.05, 0) is 38.2 Å². The van der Waals surface area contributed by atoms with Gasteiger partial charge >= 0.3 is 5.76 Å². The van der Waals surface area contributed by atoms with Gasteiger partial charge in [-0.1, -0.05) is 17.7 Å². The van der Waals surface area contributed by atoms with E-state index in [1.54, 1.807) is 11.8 Å². The van der Waals surface area contributed by atoms with Crippen LogP contribution >= 0.6 is 11.8 Å². The highest BCUT2D eigenvalue weighted by atomic mass is 32.2. The van der Waals surface area contributed by atoms with Crippen molar-refractivity contribution in [2.24, 2.45) is 0 Å². The number of nitrogens with one attached hydrogen (secondary N) is 1. The number of aromatic amines is 1. The molecule has 0 fully saturated rings. The van der Waals surface area contributed by atoms with Crippen LogP contribution in [0.25, 0.3) is 0 Å². The van der Waals surface area contributed by atoms with E-state index in [1.807, 2.05) is 24.3 Å². The van der Waals surface area contributed by atoms with Gasteiger partial charge in [0.05, 0.1) is 11.9 Å². The summed E-state index contributed by atoms with van der Waals surface area (Å²) in [6.07, 6.45) is 1.07. The Hall–Kier alpha value is -1.69. The number of hydrogen-bond donors (Lipinski definition) is 1. The second kappa shape index (κ2) is 7.19. The zero-order valence-corrected chi connectivity index (χ0v) is 12.4. The molecule has 2 aromatic rings. The molecule has 2 rings (SSSR count). The van der Waals surface area contributed by atoms with Crippen LogP contribution in [0.4, 0.5) is 0 Å². The van der Waals surface area contributed by atoms with E-state index in [0.717, 1.165) is 17.9 Å². The average molecular weight is 294 g/mol. The highest BCUT2D eigenvalue weighted by molar-refractivity contribution is 7.98. The van der Waals surface area contributed by atoms with Gasteiger partial charge in [-0.15, -0.1) is 5.10 Å². The fourth-order valence-electron chi connectivity index (χ4n) is 1.64. The number of benzene rings is 1. The summed E-state index contributed by atoms with van der Waals surface area (Å²) in [5, 5.41) is 6.00. The van der Waals surface area contributed by atoms with Crippen molar-refractivity contribution < 1.29 is 9.15 Å². The third-order valence-electron chi connectivity index (χ3n) is 2.73. The van der Waals surface area contributed by atoms with Crippen molar-refractivity contribution in [1.82, 2.24) is 10.2 Å². The summed E-state index contributed by atoms with van der Waals surface area (Å²) < 4.78 is 10.6. The second-order valence-electron chi connectivity index (χ2n) is 4.59. The van der Waals surface area contributed by atoms with Gasteiger partial charge in [0, 0.05) is 0 Å². The van der Waals surface area contributed by atoms with E-state index in [0.29, 0.717) is 11.6 Å². The van der Waals surface area contributed by atoms with Crippen molar-refractivity contribution >= 4 is 11.8 Å². The number of hydrogen-bond acceptors (Lipinski definition) is 5. The Morgan fingerprint density at radius 3 is 2.80 bits per heavy atom. The first-order chi connectivity index (χ1) is 9.63. The first kappa shape index (κ1) is 14.7. The molecule has 1 aromatic heterocycles. The Bertz CT molecular complexity index is 577. The van der Waals surface area contributed by atoms with Gasteiger partial charge in [0.25, 0.3) is 0 Å². The summed E-state index contributed by atoms with van der Waals surface area (Å²) in [6.45, 7) is 4.10. The predicted molar refractivity (Wildman–Crippen MR) is 79.2 cm³/mol. The molecule has 0 saturated carbocycles. The molecule has 1 atom stereocenters. The molecule has 0 aliphatic heterocycles.